The molecule has 0 saturated heterocycles. The molecule has 0 aliphatic carbocycles. The monoisotopic (exact) mass is 384 g/mol. The van der Waals surface area contributed by atoms with Crippen molar-refractivity contribution in [2.45, 2.75) is 58.9 Å². The third kappa shape index (κ3) is 4.57. The van der Waals surface area contributed by atoms with Crippen LogP contribution >= 0.6 is 0 Å². The van der Waals surface area contributed by atoms with Crippen LogP contribution < -0.4 is 5.32 Å². The van der Waals surface area contributed by atoms with Crippen LogP contribution in [-0.4, -0.2) is 32.3 Å². The predicted molar refractivity (Wildman–Crippen MR) is 97.6 cm³/mol. The lowest BCUT2D eigenvalue weighted by Gasteiger charge is -2.27. The van der Waals surface area contributed by atoms with Gasteiger partial charge in [0.1, 0.15) is 0 Å². The van der Waals surface area contributed by atoms with E-state index in [1.807, 2.05) is 20.8 Å². The zero-order chi connectivity index (χ0) is 19.9. The molecular formula is C18H23F3N4O2. The molecule has 1 heterocycles. The second-order valence-electron chi connectivity index (χ2n) is 7.22. The van der Waals surface area contributed by atoms with Crippen LogP contribution in [-0.2, 0) is 10.3 Å². The minimum absolute atomic E-state index is 0. The molecule has 0 radical (unpaired) electrons. The first-order valence-electron chi connectivity index (χ1n) is 7.76. The van der Waals surface area contributed by atoms with Crippen molar-refractivity contribution >= 4 is 28.6 Å². The Balaban J connectivity index is 0.00000364. The summed E-state index contributed by atoms with van der Waals surface area (Å²) in [7, 11) is 0. The topological polar surface area (TPSA) is 71.5 Å². The van der Waals surface area contributed by atoms with Gasteiger partial charge in [0, 0.05) is 5.54 Å². The summed E-state index contributed by atoms with van der Waals surface area (Å²) in [5.74, 6) is -0.962. The molecule has 0 fully saturated rings. The van der Waals surface area contributed by atoms with Crippen molar-refractivity contribution < 1.29 is 23.1 Å². The van der Waals surface area contributed by atoms with Gasteiger partial charge in [-0.25, -0.2) is 9.83 Å². The smallest absolute Gasteiger partial charge is 0.380 e. The number of fused-ring (bicyclic) bond motifs is 1. The zero-order valence-corrected chi connectivity index (χ0v) is 14.8. The Labute approximate surface area is 155 Å². The molecule has 0 bridgehead atoms. The van der Waals surface area contributed by atoms with Gasteiger partial charge in [-0.05, 0) is 39.8 Å². The molecule has 0 saturated carbocycles. The number of amides is 1. The molecule has 1 amide bonds. The number of hydrogen-bond donors (Lipinski definition) is 2. The van der Waals surface area contributed by atoms with Crippen molar-refractivity contribution in [2.24, 2.45) is 0 Å². The highest BCUT2D eigenvalue weighted by Gasteiger charge is 2.51. The van der Waals surface area contributed by atoms with Gasteiger partial charge in [-0.3, -0.25) is 10.1 Å². The molecule has 2 aromatic rings. The number of carbonyl (C=O) groups is 1. The van der Waals surface area contributed by atoms with E-state index in [4.69, 9.17) is 6.57 Å². The lowest BCUT2D eigenvalue weighted by Crippen LogP contribution is -2.45. The summed E-state index contributed by atoms with van der Waals surface area (Å²) in [6.45, 7) is 13.2. The third-order valence-corrected chi connectivity index (χ3v) is 3.80. The molecule has 27 heavy (non-hydrogen) atoms. The van der Waals surface area contributed by atoms with E-state index in [1.54, 1.807) is 22.8 Å². The second-order valence-corrected chi connectivity index (χ2v) is 7.22. The standard InChI is InChI=1S/C17H19F3N4O2.CH4/c1-15(2,3)24-12-8-10(21-5)6-7-11(12)22-14(24)23-13(25)9-16(4,26)17(18,19)20;/h6-8,26H,9H2,1-4H3,(H,22,23,25);1H4/t16-;/m0./s1. The number of halogens is 3. The quantitative estimate of drug-likeness (QED) is 0.759. The number of imidazole rings is 1. The van der Waals surface area contributed by atoms with E-state index in [2.05, 4.69) is 15.1 Å². The Kier molecular flexibility index (Phi) is 5.98. The van der Waals surface area contributed by atoms with Gasteiger partial charge in [-0.15, -0.1) is 0 Å². The molecule has 6 nitrogen and oxygen atoms in total. The second kappa shape index (κ2) is 7.19. The summed E-state index contributed by atoms with van der Waals surface area (Å²) in [5.41, 5.74) is -2.27. The number of carbonyl (C=O) groups excluding carboxylic acids is 1. The Morgan fingerprint density at radius 1 is 1.30 bits per heavy atom. The summed E-state index contributed by atoms with van der Waals surface area (Å²) in [6.07, 6.45) is -6.09. The van der Waals surface area contributed by atoms with Crippen LogP contribution in [0.5, 0.6) is 0 Å². The first kappa shape index (κ1) is 22.4. The van der Waals surface area contributed by atoms with Gasteiger partial charge in [0.05, 0.1) is 24.0 Å². The van der Waals surface area contributed by atoms with Gasteiger partial charge < -0.3 is 9.67 Å². The Hall–Kier alpha value is -2.60. The molecule has 0 unspecified atom stereocenters. The maximum absolute atomic E-state index is 12.8. The first-order chi connectivity index (χ1) is 11.8. The van der Waals surface area contributed by atoms with Gasteiger partial charge in [-0.1, -0.05) is 13.5 Å². The number of alkyl halides is 3. The van der Waals surface area contributed by atoms with Crippen molar-refractivity contribution in [3.8, 4) is 0 Å². The number of nitrogens with one attached hydrogen (secondary N) is 1. The molecule has 0 aliphatic rings. The SMILES string of the molecule is C.[C-]#[N+]c1ccc2nc(NC(=O)C[C@](C)(O)C(F)(F)F)n(C(C)(C)C)c2c1. The molecule has 2 rings (SSSR count). The number of anilines is 1. The van der Waals surface area contributed by atoms with Crippen LogP contribution in [0.3, 0.4) is 0 Å². The maximum atomic E-state index is 12.8. The fraction of sp³-hybridized carbons (Fsp3) is 0.500. The van der Waals surface area contributed by atoms with E-state index < -0.39 is 29.6 Å². The Morgan fingerprint density at radius 3 is 2.37 bits per heavy atom. The molecule has 9 heteroatoms. The Bertz CT molecular complexity index is 887. The Morgan fingerprint density at radius 2 is 1.89 bits per heavy atom. The van der Waals surface area contributed by atoms with Crippen LogP contribution in [0.2, 0.25) is 0 Å². The molecule has 1 atom stereocenters. The summed E-state index contributed by atoms with van der Waals surface area (Å²) >= 11 is 0. The van der Waals surface area contributed by atoms with E-state index >= 15 is 0 Å². The maximum Gasteiger partial charge on any atom is 0.417 e. The van der Waals surface area contributed by atoms with E-state index in [1.165, 1.54) is 0 Å². The molecule has 0 spiro atoms. The third-order valence-electron chi connectivity index (χ3n) is 3.80. The lowest BCUT2D eigenvalue weighted by molar-refractivity contribution is -0.253. The molecule has 1 aromatic heterocycles. The first-order valence-corrected chi connectivity index (χ1v) is 7.76. The number of aromatic nitrogens is 2. The molecule has 148 valence electrons. The molecular weight excluding hydrogens is 361 g/mol. The van der Waals surface area contributed by atoms with E-state index in [0.29, 0.717) is 23.6 Å². The van der Waals surface area contributed by atoms with E-state index in [0.717, 1.165) is 0 Å². The highest BCUT2D eigenvalue weighted by Crippen LogP contribution is 2.34. The number of hydrogen-bond acceptors (Lipinski definition) is 3. The number of benzene rings is 1. The van der Waals surface area contributed by atoms with Crippen LogP contribution in [0.25, 0.3) is 15.9 Å². The van der Waals surface area contributed by atoms with Gasteiger partial charge in [-0.2, -0.15) is 13.2 Å². The summed E-state index contributed by atoms with van der Waals surface area (Å²) in [4.78, 5) is 19.7. The largest absolute Gasteiger partial charge is 0.417 e. The van der Waals surface area contributed by atoms with Gasteiger partial charge in [0.2, 0.25) is 11.9 Å². The van der Waals surface area contributed by atoms with Crippen LogP contribution in [0.1, 0.15) is 41.5 Å². The average molecular weight is 384 g/mol. The van der Waals surface area contributed by atoms with Crippen LogP contribution in [0.15, 0.2) is 18.2 Å². The highest BCUT2D eigenvalue weighted by molar-refractivity contribution is 5.93. The summed E-state index contributed by atoms with van der Waals surface area (Å²) in [5, 5.41) is 11.8. The van der Waals surface area contributed by atoms with Crippen molar-refractivity contribution in [1.82, 2.24) is 9.55 Å². The average Bonchev–Trinajstić information content (AvgIpc) is 2.81. The molecule has 2 N–H and O–H groups in total. The molecule has 0 aliphatic heterocycles. The number of aliphatic hydroxyl groups is 1. The van der Waals surface area contributed by atoms with Crippen LogP contribution in [0, 0.1) is 6.57 Å². The predicted octanol–water partition coefficient (Wildman–Crippen LogP) is 4.62. The summed E-state index contributed by atoms with van der Waals surface area (Å²) in [6, 6.07) is 4.77. The van der Waals surface area contributed by atoms with Gasteiger partial charge in [0.25, 0.3) is 0 Å². The normalized spacial score (nSPS) is 14.2. The molecule has 1 aromatic carbocycles. The van der Waals surface area contributed by atoms with Gasteiger partial charge >= 0.3 is 6.18 Å². The van der Waals surface area contributed by atoms with Crippen molar-refractivity contribution in [2.75, 3.05) is 5.32 Å². The number of nitrogens with zero attached hydrogens (tertiary/aromatic N) is 3. The van der Waals surface area contributed by atoms with Crippen molar-refractivity contribution in [1.29, 1.82) is 0 Å². The van der Waals surface area contributed by atoms with Crippen LogP contribution in [0.4, 0.5) is 24.8 Å². The van der Waals surface area contributed by atoms with Crippen molar-refractivity contribution in [3.05, 3.63) is 29.6 Å². The van der Waals surface area contributed by atoms with E-state index in [9.17, 15) is 23.1 Å². The lowest BCUT2D eigenvalue weighted by atomic mass is 10.0. The van der Waals surface area contributed by atoms with Crippen molar-refractivity contribution in [3.63, 3.8) is 0 Å². The van der Waals surface area contributed by atoms with Gasteiger partial charge in [0.15, 0.2) is 11.3 Å². The minimum atomic E-state index is -4.93. The zero-order valence-electron chi connectivity index (χ0n) is 14.8. The highest BCUT2D eigenvalue weighted by atomic mass is 19.4. The number of rotatable bonds is 3. The van der Waals surface area contributed by atoms with E-state index in [-0.39, 0.29) is 13.4 Å². The minimum Gasteiger partial charge on any atom is -0.380 e. The fourth-order valence-electron chi connectivity index (χ4n) is 2.48. The fourth-order valence-corrected chi connectivity index (χ4v) is 2.48. The summed E-state index contributed by atoms with van der Waals surface area (Å²) < 4.78 is 40.0.